The molecule has 5 rings (SSSR count). The molecule has 0 bridgehead atoms. The first-order valence-corrected chi connectivity index (χ1v) is 28.0. The molecule has 0 unspecified atom stereocenters. The highest BCUT2D eigenvalue weighted by molar-refractivity contribution is 6.06. The maximum absolute atomic E-state index is 13.8. The number of carbonyl (C=O) groups excluding carboxylic acids is 3. The van der Waals surface area contributed by atoms with Gasteiger partial charge in [-0.05, 0) is 123 Å². The van der Waals surface area contributed by atoms with Gasteiger partial charge in [0.25, 0.3) is 11.8 Å². The van der Waals surface area contributed by atoms with E-state index in [0.717, 1.165) is 61.3 Å². The molecule has 0 aliphatic heterocycles. The van der Waals surface area contributed by atoms with Crippen molar-refractivity contribution in [3.63, 3.8) is 0 Å². The standard InChI is InChI=1S/C62H79F3N4O13/c1-3-69(4-2)54-20-21-56(55(45-54)57-44-52(22-24-66-57)60(73)67-46-49-13-7-18-53(43-49)62(63,64)65)68-61(74)51-17-6-12-48(42-51)15-9-26-76-30-34-79-37-38-81-35-31-77-27-10-19-58(70)50-16-5-11-47(41-50)14-8-25-75-29-33-80-39-40-82-36-32-78-28-23-59(71)72/h5-7,11-13,16-18,20-22,24,41-45H,3-4,8-10,14-15,19,23,25-40,46H2,1-2H3,(H,67,73)(H,68,74)(H,71,72). The van der Waals surface area contributed by atoms with Crippen LogP contribution in [0.3, 0.4) is 0 Å². The maximum atomic E-state index is 13.8. The number of Topliss-reactive ketones (excluding diaryl/α,β-unsaturated/α-hetero) is 1. The normalized spacial score (nSPS) is 11.4. The van der Waals surface area contributed by atoms with E-state index < -0.39 is 23.6 Å². The van der Waals surface area contributed by atoms with Crippen LogP contribution < -0.4 is 15.5 Å². The number of nitrogens with one attached hydrogen (secondary N) is 2. The second kappa shape index (κ2) is 38.2. The molecule has 0 radical (unpaired) electrons. The van der Waals surface area contributed by atoms with Crippen LogP contribution in [0.1, 0.15) is 99.3 Å². The number of amides is 2. The zero-order valence-corrected chi connectivity index (χ0v) is 47.2. The molecular weight excluding hydrogens is 1070 g/mol. The largest absolute Gasteiger partial charge is 0.481 e. The van der Waals surface area contributed by atoms with Crippen LogP contribution in [-0.2, 0) is 68.3 Å². The number of nitrogens with zero attached hydrogens (tertiary/aromatic N) is 2. The Kier molecular flexibility index (Phi) is 30.8. The van der Waals surface area contributed by atoms with Gasteiger partial charge in [-0.3, -0.25) is 24.2 Å². The van der Waals surface area contributed by atoms with E-state index in [9.17, 15) is 32.3 Å². The van der Waals surface area contributed by atoms with E-state index in [1.807, 2.05) is 74.5 Å². The lowest BCUT2D eigenvalue weighted by Crippen LogP contribution is -2.23. The van der Waals surface area contributed by atoms with Gasteiger partial charge >= 0.3 is 12.1 Å². The molecule has 0 atom stereocenters. The topological polar surface area (TPSA) is 203 Å². The van der Waals surface area contributed by atoms with Gasteiger partial charge in [0.2, 0.25) is 0 Å². The number of carbonyl (C=O) groups is 4. The van der Waals surface area contributed by atoms with E-state index in [0.29, 0.717) is 152 Å². The molecule has 5 aromatic rings. The van der Waals surface area contributed by atoms with Gasteiger partial charge in [0.15, 0.2) is 5.78 Å². The van der Waals surface area contributed by atoms with Gasteiger partial charge in [-0.15, -0.1) is 0 Å². The lowest BCUT2D eigenvalue weighted by atomic mass is 10.0. The summed E-state index contributed by atoms with van der Waals surface area (Å²) in [5, 5.41) is 14.3. The molecule has 0 spiro atoms. The third-order valence-electron chi connectivity index (χ3n) is 12.7. The van der Waals surface area contributed by atoms with Crippen molar-refractivity contribution < 1.29 is 75.4 Å². The van der Waals surface area contributed by atoms with Crippen molar-refractivity contribution in [2.75, 3.05) is 129 Å². The second-order valence-electron chi connectivity index (χ2n) is 18.8. The fourth-order valence-electron chi connectivity index (χ4n) is 8.38. The van der Waals surface area contributed by atoms with Crippen molar-refractivity contribution in [1.82, 2.24) is 10.3 Å². The number of ether oxygens (including phenoxy) is 8. The molecule has 82 heavy (non-hydrogen) atoms. The highest BCUT2D eigenvalue weighted by Gasteiger charge is 2.30. The number of aromatic nitrogens is 1. The molecule has 0 fully saturated rings. The minimum atomic E-state index is -4.50. The van der Waals surface area contributed by atoms with Crippen LogP contribution in [0.25, 0.3) is 11.3 Å². The van der Waals surface area contributed by atoms with Gasteiger partial charge in [-0.25, -0.2) is 0 Å². The molecule has 4 aromatic carbocycles. The van der Waals surface area contributed by atoms with Gasteiger partial charge < -0.3 is 58.5 Å². The SMILES string of the molecule is CCN(CC)c1ccc(NC(=O)c2cccc(CCCOCCOCCOCCOCCCC(=O)c3cccc(CCCOCCOCCOCCOCCC(=O)O)c3)c2)c(-c2cc(C(=O)NCc3cccc(C(F)(F)F)c3)ccn2)c1. The smallest absolute Gasteiger partial charge is 0.416 e. The second-order valence-corrected chi connectivity index (χ2v) is 18.8. The first kappa shape index (κ1) is 66.2. The molecule has 0 aliphatic carbocycles. The Morgan fingerprint density at radius 3 is 1.59 bits per heavy atom. The molecule has 0 aliphatic rings. The maximum Gasteiger partial charge on any atom is 0.416 e. The first-order valence-electron chi connectivity index (χ1n) is 28.0. The van der Waals surface area contributed by atoms with E-state index >= 15 is 0 Å². The third-order valence-corrected chi connectivity index (χ3v) is 12.7. The van der Waals surface area contributed by atoms with Crippen LogP contribution in [0.15, 0.2) is 109 Å². The Labute approximate surface area is 479 Å². The van der Waals surface area contributed by atoms with E-state index in [1.165, 1.54) is 24.4 Å². The summed E-state index contributed by atoms with van der Waals surface area (Å²) < 4.78 is 84.2. The number of anilines is 2. The number of halogens is 3. The van der Waals surface area contributed by atoms with Gasteiger partial charge in [-0.2, -0.15) is 13.2 Å². The summed E-state index contributed by atoms with van der Waals surface area (Å²) in [6, 6.07) is 28.7. The molecule has 2 amide bonds. The summed E-state index contributed by atoms with van der Waals surface area (Å²) in [5.74, 6) is -1.62. The summed E-state index contributed by atoms with van der Waals surface area (Å²) in [5.41, 5.74) is 5.39. The quantitative estimate of drug-likeness (QED) is 0.0246. The van der Waals surface area contributed by atoms with Crippen LogP contribution in [-0.4, -0.2) is 152 Å². The van der Waals surface area contributed by atoms with Crippen LogP contribution >= 0.6 is 0 Å². The zero-order chi connectivity index (χ0) is 58.6. The summed E-state index contributed by atoms with van der Waals surface area (Å²) in [6.07, 6.45) is 1.01. The van der Waals surface area contributed by atoms with Gasteiger partial charge in [0, 0.05) is 80.0 Å². The van der Waals surface area contributed by atoms with Gasteiger partial charge in [-0.1, -0.05) is 42.5 Å². The average Bonchev–Trinajstić information content (AvgIpc) is 3.49. The Hall–Kier alpha value is -6.62. The van der Waals surface area contributed by atoms with E-state index in [1.54, 1.807) is 12.1 Å². The number of aryl methyl sites for hydroxylation is 2. The summed E-state index contributed by atoms with van der Waals surface area (Å²) in [4.78, 5) is 57.0. The molecule has 20 heteroatoms. The van der Waals surface area contributed by atoms with Crippen molar-refractivity contribution in [2.45, 2.75) is 71.5 Å². The van der Waals surface area contributed by atoms with Crippen molar-refractivity contribution >= 4 is 34.9 Å². The van der Waals surface area contributed by atoms with Gasteiger partial charge in [0.1, 0.15) is 0 Å². The third kappa shape index (κ3) is 25.7. The van der Waals surface area contributed by atoms with Gasteiger partial charge in [0.05, 0.1) is 109 Å². The number of hydrogen-bond acceptors (Lipinski definition) is 14. The zero-order valence-electron chi connectivity index (χ0n) is 47.2. The molecular formula is C62H79F3N4O13. The summed E-state index contributed by atoms with van der Waals surface area (Å²) in [7, 11) is 0. The minimum absolute atomic E-state index is 0.0221. The van der Waals surface area contributed by atoms with Crippen LogP contribution in [0, 0.1) is 0 Å². The number of ketones is 1. The molecule has 1 heterocycles. The lowest BCUT2D eigenvalue weighted by Gasteiger charge is -2.23. The summed E-state index contributed by atoms with van der Waals surface area (Å²) >= 11 is 0. The van der Waals surface area contributed by atoms with Crippen LogP contribution in [0.4, 0.5) is 24.5 Å². The number of pyridine rings is 1. The van der Waals surface area contributed by atoms with Crippen molar-refractivity contribution in [1.29, 1.82) is 0 Å². The molecule has 0 saturated carbocycles. The average molecular weight is 1150 g/mol. The Balaban J connectivity index is 0.894. The molecule has 1 aromatic heterocycles. The van der Waals surface area contributed by atoms with Crippen molar-refractivity contribution in [2.24, 2.45) is 0 Å². The Morgan fingerprint density at radius 2 is 1.02 bits per heavy atom. The van der Waals surface area contributed by atoms with Crippen molar-refractivity contribution in [3.05, 3.63) is 148 Å². The molecule has 446 valence electrons. The van der Waals surface area contributed by atoms with Crippen LogP contribution in [0.2, 0.25) is 0 Å². The number of benzene rings is 4. The minimum Gasteiger partial charge on any atom is -0.481 e. The predicted molar refractivity (Wildman–Crippen MR) is 306 cm³/mol. The number of aliphatic carboxylic acids is 1. The fourth-order valence-corrected chi connectivity index (χ4v) is 8.38. The number of alkyl halides is 3. The van der Waals surface area contributed by atoms with E-state index in [-0.39, 0.29) is 36.8 Å². The molecule has 0 saturated heterocycles. The fraction of sp³-hybridized carbons (Fsp3) is 0.468. The number of rotatable bonds is 43. The highest BCUT2D eigenvalue weighted by atomic mass is 19.4. The molecule has 3 N–H and O–H groups in total. The number of hydrogen-bond donors (Lipinski definition) is 3. The first-order chi connectivity index (χ1) is 39.8. The van der Waals surface area contributed by atoms with E-state index in [4.69, 9.17) is 43.0 Å². The monoisotopic (exact) mass is 1140 g/mol. The highest BCUT2D eigenvalue weighted by Crippen LogP contribution is 2.33. The lowest BCUT2D eigenvalue weighted by molar-refractivity contribution is -0.139. The molecule has 17 nitrogen and oxygen atoms in total. The van der Waals surface area contributed by atoms with Crippen LogP contribution in [0.5, 0.6) is 0 Å². The number of carboxylic acid groups (broad SMARTS) is 1. The Morgan fingerprint density at radius 1 is 0.524 bits per heavy atom. The number of carboxylic acids is 1. The van der Waals surface area contributed by atoms with E-state index in [2.05, 4.69) is 20.5 Å². The van der Waals surface area contributed by atoms with Crippen molar-refractivity contribution in [3.8, 4) is 11.3 Å². The predicted octanol–water partition coefficient (Wildman–Crippen LogP) is 9.93. The summed E-state index contributed by atoms with van der Waals surface area (Å²) in [6.45, 7) is 12.2. The Bertz CT molecular complexity index is 2690.